The highest BCUT2D eigenvalue weighted by Crippen LogP contribution is 2.23. The molecule has 1 N–H and O–H groups in total. The molecule has 0 atom stereocenters. The molecule has 0 unspecified atom stereocenters. The number of ether oxygens (including phenoxy) is 1. The number of nitrogens with one attached hydrogen (secondary N) is 1. The lowest BCUT2D eigenvalue weighted by molar-refractivity contribution is -0.119. The summed E-state index contributed by atoms with van der Waals surface area (Å²) >= 11 is 1.69. The first kappa shape index (κ1) is 24.0. The summed E-state index contributed by atoms with van der Waals surface area (Å²) in [4.78, 5) is 12.3. The number of amides is 1. The molecule has 0 aliphatic heterocycles. The summed E-state index contributed by atoms with van der Waals surface area (Å²) in [5.41, 5.74) is 1.43. The standard InChI is InChI=1S/C21H27FN2O4S2/c1-3-28-20-7-4-6-19(14-20)24(30(2,26)27)15-21(25)23-12-5-13-29-16-17-8-10-18(22)11-9-17/h4,6-11,14H,3,5,12-13,15-16H2,1-2H3,(H,23,25). The van der Waals surface area contributed by atoms with Crippen molar-refractivity contribution in [3.05, 3.63) is 59.9 Å². The molecule has 9 heteroatoms. The fourth-order valence-corrected chi connectivity index (χ4v) is 4.42. The Bertz CT molecular complexity index is 921. The van der Waals surface area contributed by atoms with Gasteiger partial charge in [-0.2, -0.15) is 11.8 Å². The lowest BCUT2D eigenvalue weighted by Crippen LogP contribution is -2.40. The van der Waals surface area contributed by atoms with Crippen molar-refractivity contribution in [3.8, 4) is 5.75 Å². The number of rotatable bonds is 12. The first-order valence-electron chi connectivity index (χ1n) is 9.59. The highest BCUT2D eigenvalue weighted by molar-refractivity contribution is 7.98. The van der Waals surface area contributed by atoms with Crippen LogP contribution in [-0.4, -0.2) is 46.0 Å². The number of hydrogen-bond donors (Lipinski definition) is 1. The molecule has 30 heavy (non-hydrogen) atoms. The van der Waals surface area contributed by atoms with Crippen LogP contribution in [0, 0.1) is 5.82 Å². The predicted octanol–water partition coefficient (Wildman–Crippen LogP) is 3.43. The van der Waals surface area contributed by atoms with Crippen molar-refractivity contribution in [1.82, 2.24) is 5.32 Å². The van der Waals surface area contributed by atoms with E-state index in [9.17, 15) is 17.6 Å². The maximum Gasteiger partial charge on any atom is 0.240 e. The molecule has 0 spiro atoms. The highest BCUT2D eigenvalue weighted by Gasteiger charge is 2.21. The van der Waals surface area contributed by atoms with Gasteiger partial charge in [0.15, 0.2) is 0 Å². The average molecular weight is 455 g/mol. The van der Waals surface area contributed by atoms with E-state index in [2.05, 4.69) is 5.32 Å². The van der Waals surface area contributed by atoms with Crippen LogP contribution in [0.25, 0.3) is 0 Å². The maximum atomic E-state index is 12.9. The van der Waals surface area contributed by atoms with Crippen LogP contribution in [-0.2, 0) is 20.6 Å². The molecular weight excluding hydrogens is 427 g/mol. The minimum Gasteiger partial charge on any atom is -0.494 e. The number of benzene rings is 2. The van der Waals surface area contributed by atoms with E-state index in [1.54, 1.807) is 48.2 Å². The summed E-state index contributed by atoms with van der Waals surface area (Å²) in [7, 11) is -3.63. The Morgan fingerprint density at radius 3 is 2.60 bits per heavy atom. The zero-order chi connectivity index (χ0) is 22.0. The van der Waals surface area contributed by atoms with Crippen molar-refractivity contribution in [2.45, 2.75) is 19.1 Å². The molecule has 2 aromatic rings. The Morgan fingerprint density at radius 1 is 1.20 bits per heavy atom. The smallest absolute Gasteiger partial charge is 0.240 e. The monoisotopic (exact) mass is 454 g/mol. The molecule has 0 saturated heterocycles. The number of hydrogen-bond acceptors (Lipinski definition) is 5. The first-order valence-corrected chi connectivity index (χ1v) is 12.6. The van der Waals surface area contributed by atoms with Gasteiger partial charge in [-0.3, -0.25) is 9.10 Å². The van der Waals surface area contributed by atoms with Crippen molar-refractivity contribution in [3.63, 3.8) is 0 Å². The van der Waals surface area contributed by atoms with Gasteiger partial charge in [-0.25, -0.2) is 12.8 Å². The molecule has 0 aliphatic rings. The minimum atomic E-state index is -3.63. The van der Waals surface area contributed by atoms with Gasteiger partial charge in [0.2, 0.25) is 15.9 Å². The van der Waals surface area contributed by atoms with E-state index in [4.69, 9.17) is 4.74 Å². The zero-order valence-electron chi connectivity index (χ0n) is 17.1. The quantitative estimate of drug-likeness (QED) is 0.498. The van der Waals surface area contributed by atoms with Gasteiger partial charge in [-0.05, 0) is 48.9 Å². The van der Waals surface area contributed by atoms with Crippen molar-refractivity contribution < 1.29 is 22.3 Å². The van der Waals surface area contributed by atoms with Crippen LogP contribution < -0.4 is 14.4 Å². The number of halogens is 1. The van der Waals surface area contributed by atoms with E-state index in [0.717, 1.165) is 34.1 Å². The molecule has 0 heterocycles. The number of sulfonamides is 1. The van der Waals surface area contributed by atoms with Gasteiger partial charge in [0, 0.05) is 18.4 Å². The van der Waals surface area contributed by atoms with Crippen LogP contribution in [0.15, 0.2) is 48.5 Å². The van der Waals surface area contributed by atoms with Crippen molar-refractivity contribution >= 4 is 33.4 Å². The highest BCUT2D eigenvalue weighted by atomic mass is 32.2. The van der Waals surface area contributed by atoms with Gasteiger partial charge in [0.25, 0.3) is 0 Å². The van der Waals surface area contributed by atoms with Crippen molar-refractivity contribution in [2.75, 3.05) is 36.0 Å². The number of carbonyl (C=O) groups is 1. The summed E-state index contributed by atoms with van der Waals surface area (Å²) in [6.45, 7) is 2.46. The molecule has 0 saturated carbocycles. The Morgan fingerprint density at radius 2 is 1.93 bits per heavy atom. The van der Waals surface area contributed by atoms with Crippen LogP contribution >= 0.6 is 11.8 Å². The van der Waals surface area contributed by atoms with E-state index in [1.165, 1.54) is 12.1 Å². The molecule has 0 aliphatic carbocycles. The third-order valence-corrected chi connectivity index (χ3v) is 6.33. The van der Waals surface area contributed by atoms with Crippen LogP contribution in [0.2, 0.25) is 0 Å². The SMILES string of the molecule is CCOc1cccc(N(CC(=O)NCCCSCc2ccc(F)cc2)S(C)(=O)=O)c1. The summed E-state index contributed by atoms with van der Waals surface area (Å²) in [5, 5.41) is 2.76. The van der Waals surface area contributed by atoms with Crippen molar-refractivity contribution in [1.29, 1.82) is 0 Å². The maximum absolute atomic E-state index is 12.9. The van der Waals surface area contributed by atoms with Gasteiger partial charge in [-0.1, -0.05) is 18.2 Å². The number of nitrogens with zero attached hydrogens (tertiary/aromatic N) is 1. The van der Waals surface area contributed by atoms with Gasteiger partial charge < -0.3 is 10.1 Å². The molecule has 0 aromatic heterocycles. The van der Waals surface area contributed by atoms with Gasteiger partial charge in [0.05, 0.1) is 18.6 Å². The van der Waals surface area contributed by atoms with Gasteiger partial charge in [0.1, 0.15) is 18.1 Å². The normalized spacial score (nSPS) is 11.2. The third-order valence-electron chi connectivity index (χ3n) is 4.07. The fraction of sp³-hybridized carbons (Fsp3) is 0.381. The van der Waals surface area contributed by atoms with Crippen LogP contribution in [0.4, 0.5) is 10.1 Å². The summed E-state index contributed by atoms with van der Waals surface area (Å²) in [6.07, 6.45) is 1.82. The van der Waals surface area contributed by atoms with Crippen LogP contribution in [0.5, 0.6) is 5.75 Å². The Labute approximate surface area is 181 Å². The number of thioether (sulfide) groups is 1. The fourth-order valence-electron chi connectivity index (χ4n) is 2.65. The van der Waals surface area contributed by atoms with Crippen LogP contribution in [0.3, 0.4) is 0 Å². The lowest BCUT2D eigenvalue weighted by atomic mass is 10.2. The minimum absolute atomic E-state index is 0.251. The zero-order valence-corrected chi connectivity index (χ0v) is 18.8. The molecule has 2 aromatic carbocycles. The molecule has 164 valence electrons. The summed E-state index contributed by atoms with van der Waals surface area (Å²) in [5.74, 6) is 1.52. The van der Waals surface area contributed by atoms with E-state index >= 15 is 0 Å². The van der Waals surface area contributed by atoms with E-state index in [0.29, 0.717) is 24.6 Å². The molecule has 0 bridgehead atoms. The predicted molar refractivity (Wildman–Crippen MR) is 120 cm³/mol. The second kappa shape index (κ2) is 11.8. The lowest BCUT2D eigenvalue weighted by Gasteiger charge is -2.22. The first-order chi connectivity index (χ1) is 14.3. The summed E-state index contributed by atoms with van der Waals surface area (Å²) in [6, 6.07) is 13.0. The van der Waals surface area contributed by atoms with E-state index < -0.39 is 10.0 Å². The Kier molecular flexibility index (Phi) is 9.45. The van der Waals surface area contributed by atoms with Gasteiger partial charge in [-0.15, -0.1) is 0 Å². The molecule has 2 rings (SSSR count). The Balaban J connectivity index is 1.79. The van der Waals surface area contributed by atoms with Crippen molar-refractivity contribution in [2.24, 2.45) is 0 Å². The molecule has 1 amide bonds. The molecular formula is C21H27FN2O4S2. The van der Waals surface area contributed by atoms with E-state index in [-0.39, 0.29) is 18.3 Å². The largest absolute Gasteiger partial charge is 0.494 e. The number of carbonyl (C=O) groups excluding carboxylic acids is 1. The third kappa shape index (κ3) is 8.23. The van der Waals surface area contributed by atoms with Crippen LogP contribution in [0.1, 0.15) is 18.9 Å². The average Bonchev–Trinajstić information content (AvgIpc) is 2.70. The topological polar surface area (TPSA) is 75.7 Å². The second-order valence-electron chi connectivity index (χ2n) is 6.58. The number of anilines is 1. The van der Waals surface area contributed by atoms with E-state index in [1.807, 2.05) is 6.92 Å². The molecule has 0 fully saturated rings. The molecule has 0 radical (unpaired) electrons. The second-order valence-corrected chi connectivity index (χ2v) is 9.59. The summed E-state index contributed by atoms with van der Waals surface area (Å²) < 4.78 is 43.7. The van der Waals surface area contributed by atoms with Gasteiger partial charge >= 0.3 is 0 Å². The Hall–Kier alpha value is -2.26. The molecule has 6 nitrogen and oxygen atoms in total.